The van der Waals surface area contributed by atoms with Gasteiger partial charge in [0, 0.05) is 35.0 Å². The SMILES string of the molecule is C[C@@]12C[C@H]3[C@@H](Cc4ccccc4)N[C@@H]1CCCC[C@@H]2N3C(=O)c1cc2ccccc2o1. The number of rotatable bonds is 3. The zero-order chi connectivity index (χ0) is 21.0. The molecule has 2 saturated heterocycles. The first-order chi connectivity index (χ1) is 15.1. The molecule has 3 aliphatic rings. The molecule has 1 aromatic heterocycles. The van der Waals surface area contributed by atoms with Gasteiger partial charge in [0.05, 0.1) is 0 Å². The van der Waals surface area contributed by atoms with Gasteiger partial charge in [-0.15, -0.1) is 0 Å². The molecule has 0 radical (unpaired) electrons. The van der Waals surface area contributed by atoms with E-state index in [1.165, 1.54) is 24.8 Å². The van der Waals surface area contributed by atoms with Crippen molar-refractivity contribution in [3.63, 3.8) is 0 Å². The molecule has 3 fully saturated rings. The maximum Gasteiger partial charge on any atom is 0.290 e. The first-order valence-corrected chi connectivity index (χ1v) is 11.7. The quantitative estimate of drug-likeness (QED) is 0.642. The predicted molar refractivity (Wildman–Crippen MR) is 122 cm³/mol. The fourth-order valence-electron chi connectivity index (χ4n) is 6.64. The van der Waals surface area contributed by atoms with Gasteiger partial charge in [-0.05, 0) is 43.4 Å². The summed E-state index contributed by atoms with van der Waals surface area (Å²) in [5, 5.41) is 5.01. The molecule has 1 saturated carbocycles. The molecule has 0 unspecified atom stereocenters. The van der Waals surface area contributed by atoms with E-state index in [1.54, 1.807) is 0 Å². The summed E-state index contributed by atoms with van der Waals surface area (Å²) >= 11 is 0. The van der Waals surface area contributed by atoms with Crippen molar-refractivity contribution in [3.05, 3.63) is 72.0 Å². The van der Waals surface area contributed by atoms with Gasteiger partial charge in [0.15, 0.2) is 5.76 Å². The third-order valence-corrected chi connectivity index (χ3v) is 8.17. The number of likely N-dealkylation sites (tertiary alicyclic amines) is 1. The number of furan rings is 1. The van der Waals surface area contributed by atoms with Crippen molar-refractivity contribution >= 4 is 16.9 Å². The molecule has 1 N–H and O–H groups in total. The van der Waals surface area contributed by atoms with Crippen molar-refractivity contribution in [1.29, 1.82) is 0 Å². The monoisotopic (exact) mass is 414 g/mol. The Morgan fingerprint density at radius 3 is 2.71 bits per heavy atom. The van der Waals surface area contributed by atoms with E-state index in [0.29, 0.717) is 11.8 Å². The van der Waals surface area contributed by atoms with Crippen LogP contribution < -0.4 is 5.32 Å². The van der Waals surface area contributed by atoms with E-state index < -0.39 is 0 Å². The minimum absolute atomic E-state index is 0.0670. The van der Waals surface area contributed by atoms with Crippen LogP contribution in [-0.4, -0.2) is 35.0 Å². The fraction of sp³-hybridized carbons (Fsp3) is 0.444. The first kappa shape index (κ1) is 19.1. The molecule has 4 nitrogen and oxygen atoms in total. The number of nitrogens with one attached hydrogen (secondary N) is 1. The number of nitrogens with zero attached hydrogens (tertiary/aromatic N) is 1. The Morgan fingerprint density at radius 2 is 1.87 bits per heavy atom. The molecule has 160 valence electrons. The predicted octanol–water partition coefficient (Wildman–Crippen LogP) is 5.18. The molecule has 5 atom stereocenters. The van der Waals surface area contributed by atoms with Gasteiger partial charge in [-0.1, -0.05) is 68.3 Å². The smallest absolute Gasteiger partial charge is 0.290 e. The Kier molecular flexibility index (Phi) is 4.46. The number of piperidine rings is 1. The second kappa shape index (κ2) is 7.23. The lowest BCUT2D eigenvalue weighted by molar-refractivity contribution is 0.0582. The molecule has 0 spiro atoms. The lowest BCUT2D eigenvalue weighted by atomic mass is 9.70. The minimum atomic E-state index is 0.0670. The van der Waals surface area contributed by atoms with E-state index in [2.05, 4.69) is 47.5 Å². The summed E-state index contributed by atoms with van der Waals surface area (Å²) in [5.74, 6) is 0.550. The van der Waals surface area contributed by atoms with E-state index in [4.69, 9.17) is 4.42 Å². The van der Waals surface area contributed by atoms with E-state index in [-0.39, 0.29) is 29.4 Å². The highest BCUT2D eigenvalue weighted by atomic mass is 16.3. The van der Waals surface area contributed by atoms with Crippen molar-refractivity contribution in [2.75, 3.05) is 0 Å². The highest BCUT2D eigenvalue weighted by molar-refractivity contribution is 5.96. The number of benzene rings is 2. The number of carbonyl (C=O) groups excluding carboxylic acids is 1. The average Bonchev–Trinajstić information content (AvgIpc) is 3.28. The Hall–Kier alpha value is -2.59. The van der Waals surface area contributed by atoms with Crippen molar-refractivity contribution in [2.24, 2.45) is 5.41 Å². The summed E-state index contributed by atoms with van der Waals surface area (Å²) in [6.07, 6.45) is 6.76. The zero-order valence-corrected chi connectivity index (χ0v) is 18.1. The molecule has 2 aromatic carbocycles. The van der Waals surface area contributed by atoms with Crippen LogP contribution in [0.3, 0.4) is 0 Å². The molecule has 3 heterocycles. The van der Waals surface area contributed by atoms with Gasteiger partial charge in [-0.25, -0.2) is 0 Å². The Labute approximate surface area is 183 Å². The third kappa shape index (κ3) is 3.03. The number of fused-ring (bicyclic) bond motifs is 2. The maximum atomic E-state index is 13.9. The van der Waals surface area contributed by atoms with Gasteiger partial charge in [-0.2, -0.15) is 0 Å². The number of amides is 1. The van der Waals surface area contributed by atoms with Crippen LogP contribution in [-0.2, 0) is 6.42 Å². The summed E-state index contributed by atoms with van der Waals surface area (Å²) in [5.41, 5.74) is 2.26. The van der Waals surface area contributed by atoms with Crippen molar-refractivity contribution in [1.82, 2.24) is 10.2 Å². The molecule has 2 aliphatic heterocycles. The summed E-state index contributed by atoms with van der Waals surface area (Å²) in [6.45, 7) is 2.41. The molecule has 31 heavy (non-hydrogen) atoms. The summed E-state index contributed by atoms with van der Waals surface area (Å²) < 4.78 is 6.03. The highest BCUT2D eigenvalue weighted by Gasteiger charge is 2.60. The number of para-hydroxylation sites is 1. The lowest BCUT2D eigenvalue weighted by Crippen LogP contribution is -2.57. The molecule has 2 bridgehead atoms. The number of hydrogen-bond donors (Lipinski definition) is 1. The van der Waals surface area contributed by atoms with E-state index in [9.17, 15) is 4.79 Å². The van der Waals surface area contributed by atoms with Crippen LogP contribution in [0.4, 0.5) is 0 Å². The van der Waals surface area contributed by atoms with E-state index in [0.717, 1.165) is 30.2 Å². The lowest BCUT2D eigenvalue weighted by Gasteiger charge is -2.43. The Morgan fingerprint density at radius 1 is 1.10 bits per heavy atom. The van der Waals surface area contributed by atoms with E-state index in [1.807, 2.05) is 30.3 Å². The topological polar surface area (TPSA) is 45.5 Å². The second-order valence-electron chi connectivity index (χ2n) is 9.95. The summed E-state index contributed by atoms with van der Waals surface area (Å²) in [7, 11) is 0. The summed E-state index contributed by atoms with van der Waals surface area (Å²) in [6, 6.07) is 21.7. The highest BCUT2D eigenvalue weighted by Crippen LogP contribution is 2.52. The van der Waals surface area contributed by atoms with Crippen LogP contribution in [0.5, 0.6) is 0 Å². The zero-order valence-electron chi connectivity index (χ0n) is 18.1. The molecule has 3 aromatic rings. The molecule has 6 rings (SSSR count). The van der Waals surface area contributed by atoms with Crippen LogP contribution >= 0.6 is 0 Å². The van der Waals surface area contributed by atoms with Crippen LogP contribution in [0.2, 0.25) is 0 Å². The van der Waals surface area contributed by atoms with Crippen LogP contribution in [0.1, 0.15) is 55.1 Å². The first-order valence-electron chi connectivity index (χ1n) is 11.7. The van der Waals surface area contributed by atoms with Gasteiger partial charge >= 0.3 is 0 Å². The van der Waals surface area contributed by atoms with Gasteiger partial charge < -0.3 is 14.6 Å². The molecule has 1 aliphatic carbocycles. The molecular weight excluding hydrogens is 384 g/mol. The fourth-order valence-corrected chi connectivity index (χ4v) is 6.64. The Balaban J connectivity index is 1.39. The number of hydrogen-bond acceptors (Lipinski definition) is 3. The van der Waals surface area contributed by atoms with E-state index >= 15 is 0 Å². The molecular formula is C27H30N2O2. The van der Waals surface area contributed by atoms with Crippen molar-refractivity contribution in [3.8, 4) is 0 Å². The minimum Gasteiger partial charge on any atom is -0.451 e. The van der Waals surface area contributed by atoms with Crippen LogP contribution in [0.15, 0.2) is 65.1 Å². The second-order valence-corrected chi connectivity index (χ2v) is 9.95. The van der Waals surface area contributed by atoms with Crippen molar-refractivity contribution in [2.45, 2.75) is 69.6 Å². The van der Waals surface area contributed by atoms with Gasteiger partial charge in [-0.3, -0.25) is 4.79 Å². The maximum absolute atomic E-state index is 13.9. The number of carbonyl (C=O) groups is 1. The van der Waals surface area contributed by atoms with Crippen LogP contribution in [0, 0.1) is 5.41 Å². The van der Waals surface area contributed by atoms with Gasteiger partial charge in [0.25, 0.3) is 5.91 Å². The molecule has 4 heteroatoms. The summed E-state index contributed by atoms with van der Waals surface area (Å²) in [4.78, 5) is 16.1. The average molecular weight is 415 g/mol. The van der Waals surface area contributed by atoms with Gasteiger partial charge in [0.2, 0.25) is 0 Å². The van der Waals surface area contributed by atoms with Crippen LogP contribution in [0.25, 0.3) is 11.0 Å². The molecule has 1 amide bonds. The van der Waals surface area contributed by atoms with Gasteiger partial charge in [0.1, 0.15) is 5.58 Å². The standard InChI is InChI=1S/C27H30N2O2/c1-27-17-21-20(15-18-9-3-2-4-10-18)28-24(27)13-7-8-14-25(27)29(21)26(30)23-16-19-11-5-6-12-22(19)31-23/h2-6,9-12,16,20-21,24-25,28H,7-8,13-15,17H2,1H3/t20-,21+,24-,25+,27-/m1/s1. The normalized spacial score (nSPS) is 32.2. The Bertz CT molecular complexity index is 1070. The third-order valence-electron chi connectivity index (χ3n) is 8.17. The largest absolute Gasteiger partial charge is 0.451 e. The van der Waals surface area contributed by atoms with Crippen molar-refractivity contribution < 1.29 is 9.21 Å².